The molecular formula is C33H38BrNO9S2. The molecule has 3 rings (SSSR count). The van der Waals surface area contributed by atoms with Gasteiger partial charge in [-0.1, -0.05) is 63.5 Å². The van der Waals surface area contributed by atoms with Crippen LogP contribution in [0.5, 0.6) is 0 Å². The van der Waals surface area contributed by atoms with E-state index in [-0.39, 0.29) is 47.3 Å². The summed E-state index contributed by atoms with van der Waals surface area (Å²) >= 11 is 3.21. The van der Waals surface area contributed by atoms with Gasteiger partial charge in [0.15, 0.2) is 25.5 Å². The first-order valence-electron chi connectivity index (χ1n) is 14.4. The van der Waals surface area contributed by atoms with Crippen LogP contribution < -0.4 is 5.32 Å². The molecule has 1 amide bonds. The molecule has 0 saturated heterocycles. The molecule has 3 aromatic carbocycles. The minimum atomic E-state index is -4.03. The van der Waals surface area contributed by atoms with Crippen molar-refractivity contribution in [3.8, 4) is 0 Å². The van der Waals surface area contributed by atoms with Crippen LogP contribution in [-0.2, 0) is 33.9 Å². The fraction of sp³-hybridized carbons (Fsp3) is 0.364. The van der Waals surface area contributed by atoms with E-state index in [0.29, 0.717) is 0 Å². The number of esters is 1. The molecule has 248 valence electrons. The molecule has 3 aromatic rings. The molecule has 46 heavy (non-hydrogen) atoms. The second-order valence-corrected chi connectivity index (χ2v) is 17.4. The number of alkyl halides is 1. The Hall–Kier alpha value is -3.39. The normalized spacial score (nSPS) is 12.1. The van der Waals surface area contributed by atoms with Crippen LogP contribution >= 0.6 is 15.9 Å². The zero-order valence-electron chi connectivity index (χ0n) is 26.1. The summed E-state index contributed by atoms with van der Waals surface area (Å²) in [4.78, 5) is 38.0. The van der Waals surface area contributed by atoms with Crippen LogP contribution in [0.4, 0.5) is 0 Å². The van der Waals surface area contributed by atoms with Gasteiger partial charge in [0.25, 0.3) is 5.91 Å². The number of Topliss-reactive ketones (excluding diaryl/α,β-unsaturated/α-hetero) is 1. The first kappa shape index (κ1) is 37.1. The van der Waals surface area contributed by atoms with Crippen molar-refractivity contribution < 1.29 is 40.7 Å². The molecule has 0 radical (unpaired) electrons. The molecule has 0 heterocycles. The fourth-order valence-electron chi connectivity index (χ4n) is 4.24. The predicted molar refractivity (Wildman–Crippen MR) is 178 cm³/mol. The molecule has 0 aliphatic heterocycles. The summed E-state index contributed by atoms with van der Waals surface area (Å²) < 4.78 is 62.9. The summed E-state index contributed by atoms with van der Waals surface area (Å²) in [6.45, 7) is 7.52. The summed E-state index contributed by atoms with van der Waals surface area (Å²) in [5, 5.41) is 2.68. The zero-order valence-corrected chi connectivity index (χ0v) is 29.3. The number of benzene rings is 3. The van der Waals surface area contributed by atoms with Crippen LogP contribution in [0.3, 0.4) is 0 Å². The molecular weight excluding hydrogens is 698 g/mol. The van der Waals surface area contributed by atoms with E-state index in [1.54, 1.807) is 38.1 Å². The Balaban J connectivity index is 1.68. The maximum absolute atomic E-state index is 13.7. The van der Waals surface area contributed by atoms with Crippen LogP contribution in [0.2, 0.25) is 0 Å². The number of hydrogen-bond donors (Lipinski definition) is 1. The van der Waals surface area contributed by atoms with Crippen molar-refractivity contribution in [2.45, 2.75) is 41.8 Å². The predicted octanol–water partition coefficient (Wildman–Crippen LogP) is 4.51. The third kappa shape index (κ3) is 10.9. The van der Waals surface area contributed by atoms with Gasteiger partial charge >= 0.3 is 5.97 Å². The average molecular weight is 737 g/mol. The number of aryl methyl sites for hydroxylation is 2. The molecule has 0 aliphatic rings. The number of sulfone groups is 2. The molecule has 10 nitrogen and oxygen atoms in total. The number of rotatable bonds is 16. The third-order valence-electron chi connectivity index (χ3n) is 6.88. The topological polar surface area (TPSA) is 150 Å². The lowest BCUT2D eigenvalue weighted by Gasteiger charge is -2.17. The van der Waals surface area contributed by atoms with Crippen molar-refractivity contribution in [3.63, 3.8) is 0 Å². The summed E-state index contributed by atoms with van der Waals surface area (Å²) in [7, 11) is -8.06. The Kier molecular flexibility index (Phi) is 12.8. The number of carbonyl (C=O) groups excluding carboxylic acids is 3. The van der Waals surface area contributed by atoms with E-state index in [4.69, 9.17) is 9.47 Å². The van der Waals surface area contributed by atoms with E-state index in [9.17, 15) is 31.2 Å². The van der Waals surface area contributed by atoms with Crippen molar-refractivity contribution in [3.05, 3.63) is 95.1 Å². The SMILES string of the molecule is Cc1ccc(S(=O)(=O)CC(CS(=O)(=O)c2ccc(C)cc2)C(=O)c2ccc(C(=O)NCCOCCOC(=O)C(C)(C)Br)cc2)cc1. The van der Waals surface area contributed by atoms with Gasteiger partial charge in [0, 0.05) is 17.7 Å². The van der Waals surface area contributed by atoms with Gasteiger partial charge in [-0.2, -0.15) is 0 Å². The number of hydrogen-bond acceptors (Lipinski definition) is 9. The number of halogens is 1. The summed E-state index contributed by atoms with van der Waals surface area (Å²) in [6.07, 6.45) is 0. The van der Waals surface area contributed by atoms with Crippen LogP contribution in [0, 0.1) is 19.8 Å². The van der Waals surface area contributed by atoms with Crippen molar-refractivity contribution >= 4 is 53.3 Å². The first-order valence-corrected chi connectivity index (χ1v) is 18.5. The lowest BCUT2D eigenvalue weighted by Crippen LogP contribution is -2.31. The number of carbonyl (C=O) groups is 3. The van der Waals surface area contributed by atoms with Crippen molar-refractivity contribution in [1.29, 1.82) is 0 Å². The molecule has 1 N–H and O–H groups in total. The molecule has 0 saturated carbocycles. The third-order valence-corrected chi connectivity index (χ3v) is 10.9. The fourth-order valence-corrected chi connectivity index (χ4v) is 7.59. The van der Waals surface area contributed by atoms with Gasteiger partial charge in [0.2, 0.25) is 0 Å². The average Bonchev–Trinajstić information content (AvgIpc) is 2.99. The van der Waals surface area contributed by atoms with Crippen LogP contribution in [0.15, 0.2) is 82.6 Å². The van der Waals surface area contributed by atoms with Crippen molar-refractivity contribution in [2.75, 3.05) is 37.9 Å². The largest absolute Gasteiger partial charge is 0.462 e. The lowest BCUT2D eigenvalue weighted by molar-refractivity contribution is -0.146. The second-order valence-electron chi connectivity index (χ2n) is 11.3. The smallest absolute Gasteiger partial charge is 0.322 e. The van der Waals surface area contributed by atoms with Gasteiger partial charge in [-0.05, 0) is 64.1 Å². The molecule has 0 bridgehead atoms. The van der Waals surface area contributed by atoms with E-state index in [1.165, 1.54) is 48.5 Å². The van der Waals surface area contributed by atoms with E-state index in [2.05, 4.69) is 21.2 Å². The number of amides is 1. The van der Waals surface area contributed by atoms with Crippen LogP contribution in [-0.4, -0.2) is 76.7 Å². The number of nitrogens with one attached hydrogen (secondary N) is 1. The molecule has 0 aliphatic carbocycles. The van der Waals surface area contributed by atoms with Crippen molar-refractivity contribution in [1.82, 2.24) is 5.32 Å². The first-order chi connectivity index (χ1) is 21.5. The minimum absolute atomic E-state index is 0.0106. The molecule has 13 heteroatoms. The van der Waals surface area contributed by atoms with E-state index in [1.807, 2.05) is 13.8 Å². The van der Waals surface area contributed by atoms with Crippen LogP contribution in [0.25, 0.3) is 0 Å². The highest BCUT2D eigenvalue weighted by Gasteiger charge is 2.33. The van der Waals surface area contributed by atoms with E-state index in [0.717, 1.165) is 11.1 Å². The zero-order chi connectivity index (χ0) is 34.1. The number of ketones is 1. The summed E-state index contributed by atoms with van der Waals surface area (Å²) in [5.41, 5.74) is 2.01. The van der Waals surface area contributed by atoms with Gasteiger partial charge < -0.3 is 14.8 Å². The van der Waals surface area contributed by atoms with Gasteiger partial charge in [0.1, 0.15) is 10.9 Å². The molecule has 0 unspecified atom stereocenters. The Bertz CT molecular complexity index is 1650. The Labute approximate surface area is 278 Å². The Morgan fingerprint density at radius 2 is 1.17 bits per heavy atom. The van der Waals surface area contributed by atoms with Gasteiger partial charge in [-0.15, -0.1) is 0 Å². The summed E-state index contributed by atoms with van der Waals surface area (Å²) in [5.74, 6) is -4.36. The standard InChI is InChI=1S/C33H38BrNO9S2/c1-23-5-13-28(14-6-23)45(39,40)21-27(22-46(41,42)29-15-7-24(2)8-16-29)30(36)25-9-11-26(12-10-25)31(37)35-17-18-43-19-20-44-32(38)33(3,4)34/h5-16,27H,17-22H2,1-4H3,(H,35,37). The molecule has 0 aromatic heterocycles. The molecule has 0 spiro atoms. The highest BCUT2D eigenvalue weighted by molar-refractivity contribution is 9.10. The monoisotopic (exact) mass is 735 g/mol. The molecule has 0 atom stereocenters. The van der Waals surface area contributed by atoms with E-state index < -0.39 is 59.1 Å². The Morgan fingerprint density at radius 1 is 0.717 bits per heavy atom. The lowest BCUT2D eigenvalue weighted by atomic mass is 9.99. The molecule has 0 fully saturated rings. The Morgan fingerprint density at radius 3 is 1.63 bits per heavy atom. The quantitative estimate of drug-likeness (QED) is 0.0970. The maximum atomic E-state index is 13.7. The van der Waals surface area contributed by atoms with E-state index >= 15 is 0 Å². The van der Waals surface area contributed by atoms with Gasteiger partial charge in [0.05, 0.1) is 40.4 Å². The summed E-state index contributed by atoms with van der Waals surface area (Å²) in [6, 6.07) is 17.8. The highest BCUT2D eigenvalue weighted by atomic mass is 79.9. The maximum Gasteiger partial charge on any atom is 0.322 e. The van der Waals surface area contributed by atoms with Gasteiger partial charge in [-0.25, -0.2) is 16.8 Å². The van der Waals surface area contributed by atoms with Crippen LogP contribution in [0.1, 0.15) is 45.7 Å². The van der Waals surface area contributed by atoms with Gasteiger partial charge in [-0.3, -0.25) is 14.4 Å². The highest BCUT2D eigenvalue weighted by Crippen LogP contribution is 2.23. The minimum Gasteiger partial charge on any atom is -0.462 e. The second kappa shape index (κ2) is 15.9. The number of ether oxygens (including phenoxy) is 2. The van der Waals surface area contributed by atoms with Crippen molar-refractivity contribution in [2.24, 2.45) is 5.92 Å².